The fraction of sp³-hybridized carbons (Fsp3) is 0.375. The van der Waals surface area contributed by atoms with Crippen molar-refractivity contribution in [3.05, 3.63) is 108 Å². The van der Waals surface area contributed by atoms with E-state index >= 15 is 0 Å². The van der Waals surface area contributed by atoms with E-state index in [2.05, 4.69) is 0 Å². The molecule has 0 aromatic heterocycles. The van der Waals surface area contributed by atoms with Crippen molar-refractivity contribution in [2.45, 2.75) is 63.6 Å². The number of rotatable bonds is 10. The Balaban J connectivity index is 0.00000675. The first-order valence-corrected chi connectivity index (χ1v) is 14.8. The minimum atomic E-state index is -5.92. The molecule has 0 fully saturated rings. The fourth-order valence-electron chi connectivity index (χ4n) is 4.60. The molecule has 0 radical (unpaired) electrons. The van der Waals surface area contributed by atoms with Gasteiger partial charge in [-0.2, -0.15) is 17.2 Å². The second-order valence-corrected chi connectivity index (χ2v) is 13.6. The molecule has 0 aliphatic heterocycles. The minimum absolute atomic E-state index is 0. The molecule has 0 saturated carbocycles. The number of carbonyl (C=O) groups is 2. The van der Waals surface area contributed by atoms with Gasteiger partial charge in [-0.05, 0) is 37.5 Å². The summed E-state index contributed by atoms with van der Waals surface area (Å²) in [7, 11) is -5.92. The topological polar surface area (TPSA) is 116 Å². The van der Waals surface area contributed by atoms with E-state index in [1.54, 1.807) is 120 Å². The van der Waals surface area contributed by atoms with Gasteiger partial charge in [0.1, 0.15) is 5.60 Å². The number of esters is 2. The summed E-state index contributed by atoms with van der Waals surface area (Å²) in [4.78, 5) is 28.7. The van der Waals surface area contributed by atoms with Crippen molar-refractivity contribution in [2.75, 3.05) is 6.61 Å². The van der Waals surface area contributed by atoms with Crippen molar-refractivity contribution < 1.29 is 45.6 Å². The molecule has 3 aromatic carbocycles. The summed E-state index contributed by atoms with van der Waals surface area (Å²) in [5.74, 6) is -2.33. The quantitative estimate of drug-likeness (QED) is 0.173. The summed E-state index contributed by atoms with van der Waals surface area (Å²) in [5.41, 5.74) is -6.23. The van der Waals surface area contributed by atoms with E-state index in [9.17, 15) is 26.8 Å². The van der Waals surface area contributed by atoms with Crippen LogP contribution in [0.1, 0.15) is 58.2 Å². The first-order chi connectivity index (χ1) is 19.8. The van der Waals surface area contributed by atoms with Crippen molar-refractivity contribution in [3.63, 3.8) is 0 Å². The van der Waals surface area contributed by atoms with Gasteiger partial charge in [0, 0.05) is 5.41 Å². The van der Waals surface area contributed by atoms with Crippen LogP contribution in [0.2, 0.25) is 0 Å². The molecule has 1 atom stereocenters. The molecule has 1 unspecified atom stereocenters. The van der Waals surface area contributed by atoms with Crippen molar-refractivity contribution in [1.29, 1.82) is 0 Å². The maximum absolute atomic E-state index is 14.5. The number of ether oxygens (including phenoxy) is 3. The molecule has 12 heteroatoms. The van der Waals surface area contributed by atoms with E-state index < -0.39 is 56.1 Å². The van der Waals surface area contributed by atoms with Gasteiger partial charge >= 0.3 is 56.9 Å². The van der Waals surface area contributed by atoms with E-state index in [0.717, 1.165) is 0 Å². The Kier molecular flexibility index (Phi) is 11.7. The van der Waals surface area contributed by atoms with Gasteiger partial charge in [-0.15, -0.1) is 0 Å². The zero-order valence-corrected chi connectivity index (χ0v) is 25.7. The second kappa shape index (κ2) is 13.8. The van der Waals surface area contributed by atoms with Crippen LogP contribution in [0.3, 0.4) is 0 Å². The van der Waals surface area contributed by atoms with Crippen molar-refractivity contribution >= 4 is 51.6 Å². The van der Waals surface area contributed by atoms with Crippen LogP contribution in [0.25, 0.3) is 0 Å². The van der Waals surface area contributed by atoms with E-state index in [0.29, 0.717) is 0 Å². The van der Waals surface area contributed by atoms with Crippen LogP contribution in [0.5, 0.6) is 0 Å². The molecule has 0 aliphatic carbocycles. The fourth-order valence-corrected chi connectivity index (χ4v) is 4.80. The summed E-state index contributed by atoms with van der Waals surface area (Å²) in [5, 5.41) is -4.82. The summed E-state index contributed by atoms with van der Waals surface area (Å²) >= 11 is 0. The summed E-state index contributed by atoms with van der Waals surface area (Å²) in [6.45, 7) is 7.71. The molecular weight excluding hydrogens is 605 g/mol. The third kappa shape index (κ3) is 7.75. The molecule has 0 amide bonds. The van der Waals surface area contributed by atoms with Crippen LogP contribution in [0.4, 0.5) is 8.78 Å². The number of alkyl halides is 2. The van der Waals surface area contributed by atoms with Crippen LogP contribution in [0, 0.1) is 5.41 Å². The van der Waals surface area contributed by atoms with Gasteiger partial charge in [0.25, 0.3) is 0 Å². The number of carbonyl (C=O) groups excluding carboxylic acids is 2. The molecule has 0 aliphatic rings. The van der Waals surface area contributed by atoms with E-state index in [-0.39, 0.29) is 46.2 Å². The van der Waals surface area contributed by atoms with Gasteiger partial charge in [0.15, 0.2) is 12.2 Å². The Labute approximate surface area is 279 Å². The third-order valence-electron chi connectivity index (χ3n) is 6.63. The summed E-state index contributed by atoms with van der Waals surface area (Å²) in [6.07, 6.45) is 0. The average Bonchev–Trinajstić information content (AvgIpc) is 2.92. The summed E-state index contributed by atoms with van der Waals surface area (Å²) < 4.78 is 78.1. The maximum atomic E-state index is 14.5. The van der Waals surface area contributed by atoms with Crippen LogP contribution in [0.15, 0.2) is 91.0 Å². The first-order valence-electron chi connectivity index (χ1n) is 13.4. The first kappa shape index (κ1) is 37.5. The standard InChI is InChI=1S/C32H36F2O8S.Na.H/c1-28(2,3)32(25-20-14-9-15-21-25,27(36)40-22-30(33,34)43(37,38)39)42-31(23-16-10-7-11-17-23,24-18-12-8-13-19-24)26(35)41-29(4,5)6;;/h7-21H,22H2,1-6H3,(H,37,38,39);;. The van der Waals surface area contributed by atoms with E-state index in [1.165, 1.54) is 12.1 Å². The Bertz CT molecular complexity index is 1480. The third-order valence-corrected chi connectivity index (χ3v) is 7.50. The predicted molar refractivity (Wildman–Crippen MR) is 163 cm³/mol. The van der Waals surface area contributed by atoms with Gasteiger partial charge in [0.2, 0.25) is 5.60 Å². The van der Waals surface area contributed by atoms with Crippen molar-refractivity contribution in [3.8, 4) is 0 Å². The van der Waals surface area contributed by atoms with Gasteiger partial charge < -0.3 is 14.2 Å². The Morgan fingerprint density at radius 2 is 1.09 bits per heavy atom. The second-order valence-electron chi connectivity index (χ2n) is 12.0. The Hall–Kier alpha value is -2.67. The normalized spacial score (nSPS) is 14.1. The number of benzene rings is 3. The Morgan fingerprint density at radius 3 is 1.43 bits per heavy atom. The van der Waals surface area contributed by atoms with E-state index in [1.807, 2.05) is 0 Å². The molecule has 3 rings (SSSR count). The van der Waals surface area contributed by atoms with Crippen LogP contribution in [-0.2, 0) is 45.1 Å². The monoisotopic (exact) mass is 642 g/mol. The SMILES string of the molecule is CC(C)(C)OC(=O)C(OC(C(=O)OCC(F)(F)S(=O)(=O)O)(c1ccccc1)C(C)(C)C)(c1ccccc1)c1ccccc1.[NaH]. The van der Waals surface area contributed by atoms with Crippen molar-refractivity contribution in [1.82, 2.24) is 0 Å². The van der Waals surface area contributed by atoms with Crippen LogP contribution >= 0.6 is 0 Å². The molecule has 3 aromatic rings. The number of hydrogen-bond acceptors (Lipinski definition) is 7. The Morgan fingerprint density at radius 1 is 0.705 bits per heavy atom. The molecule has 0 heterocycles. The van der Waals surface area contributed by atoms with Gasteiger partial charge in [-0.3, -0.25) is 4.55 Å². The van der Waals surface area contributed by atoms with Crippen molar-refractivity contribution in [2.24, 2.45) is 5.41 Å². The average molecular weight is 643 g/mol. The van der Waals surface area contributed by atoms with Crippen LogP contribution in [-0.4, -0.2) is 71.9 Å². The predicted octanol–water partition coefficient (Wildman–Crippen LogP) is 5.61. The zero-order valence-electron chi connectivity index (χ0n) is 24.8. The molecule has 8 nitrogen and oxygen atoms in total. The van der Waals surface area contributed by atoms with E-state index in [4.69, 9.17) is 18.8 Å². The molecule has 44 heavy (non-hydrogen) atoms. The zero-order chi connectivity index (χ0) is 32.3. The van der Waals surface area contributed by atoms with Crippen LogP contribution < -0.4 is 0 Å². The molecule has 0 bridgehead atoms. The molecule has 0 saturated heterocycles. The molecule has 0 spiro atoms. The molecule has 234 valence electrons. The van der Waals surface area contributed by atoms with Gasteiger partial charge in [0.05, 0.1) is 0 Å². The number of halogens is 2. The molecular formula is C32H37F2NaO8S. The molecule has 1 N–H and O–H groups in total. The number of hydrogen-bond donors (Lipinski definition) is 1. The van der Waals surface area contributed by atoms with Gasteiger partial charge in [-0.25, -0.2) is 9.59 Å². The van der Waals surface area contributed by atoms with Gasteiger partial charge in [-0.1, -0.05) is 112 Å². The summed E-state index contributed by atoms with van der Waals surface area (Å²) in [6, 6.07) is 24.3.